The van der Waals surface area contributed by atoms with Crippen LogP contribution < -0.4 is 0 Å². The topological polar surface area (TPSA) is 89.6 Å². The Morgan fingerprint density at radius 2 is 2.06 bits per heavy atom. The molecule has 0 N–H and O–H groups in total. The summed E-state index contributed by atoms with van der Waals surface area (Å²) in [6.45, 7) is 0. The highest BCUT2D eigenvalue weighted by Crippen LogP contribution is 2.61. The third-order valence-corrected chi connectivity index (χ3v) is 5.07. The van der Waals surface area contributed by atoms with Gasteiger partial charge in [0.15, 0.2) is 0 Å². The van der Waals surface area contributed by atoms with Gasteiger partial charge in [0.05, 0.1) is 0 Å². The van der Waals surface area contributed by atoms with Crippen LogP contribution in [0, 0.1) is 0 Å². The number of carbonyl (C=O) groups excluding carboxylic acids is 1. The van der Waals surface area contributed by atoms with Crippen molar-refractivity contribution >= 4 is 25.8 Å². The minimum atomic E-state index is -2.76. The second-order valence-corrected chi connectivity index (χ2v) is 6.13. The van der Waals surface area contributed by atoms with E-state index in [1.54, 1.807) is 23.0 Å². The molecule has 2 rings (SSSR count). The molecule has 1 aromatic heterocycles. The molecule has 0 atom stereocenters. The zero-order chi connectivity index (χ0) is 11.6. The fraction of sp³-hybridized carbons (Fsp3) is 0. The van der Waals surface area contributed by atoms with E-state index in [0.29, 0.717) is 5.03 Å². The Balaban J connectivity index is 2.54. The Hall–Kier alpha value is -1.67. The van der Waals surface area contributed by atoms with Gasteiger partial charge >= 0.3 is 15.7 Å². The van der Waals surface area contributed by atoms with Crippen molar-refractivity contribution in [2.75, 3.05) is 0 Å². The number of rotatable bonds is 1. The van der Waals surface area contributed by atoms with E-state index in [0.717, 1.165) is 0 Å². The highest BCUT2D eigenvalue weighted by atomic mass is 32.3. The largest absolute Gasteiger partial charge is 0.364 e. The minimum Gasteiger partial charge on any atom is -0.364 e. The third kappa shape index (κ3) is 1.72. The van der Waals surface area contributed by atoms with Crippen LogP contribution in [0.1, 0.15) is 0 Å². The normalized spacial score (nSPS) is 18.2. The van der Waals surface area contributed by atoms with Gasteiger partial charge < -0.3 is 4.52 Å². The van der Waals surface area contributed by atoms with E-state index in [9.17, 15) is 13.2 Å². The maximum absolute atomic E-state index is 11.8. The van der Waals surface area contributed by atoms with Crippen LogP contribution in [-0.2, 0) is 10.5 Å². The molecule has 16 heavy (non-hydrogen) atoms. The molecule has 8 heteroatoms. The van der Waals surface area contributed by atoms with Gasteiger partial charge in [0.1, 0.15) is 11.3 Å². The van der Waals surface area contributed by atoms with Gasteiger partial charge in [0.25, 0.3) is 0 Å². The van der Waals surface area contributed by atoms with Crippen molar-refractivity contribution in [3.8, 4) is 0 Å². The number of nitrogens with zero attached hydrogens (tertiary/aromatic N) is 2. The van der Waals surface area contributed by atoms with Crippen LogP contribution in [-0.4, -0.2) is 18.8 Å². The average Bonchev–Trinajstić information content (AvgIpc) is 2.88. The van der Waals surface area contributed by atoms with E-state index < -0.39 is 25.8 Å². The van der Waals surface area contributed by atoms with Gasteiger partial charge in [-0.15, -0.1) is 0 Å². The summed E-state index contributed by atoms with van der Waals surface area (Å²) in [6, 6.07) is 1.52. The Kier molecular flexibility index (Phi) is 2.75. The molecule has 0 saturated carbocycles. The molecule has 0 aliphatic carbocycles. The molecule has 1 aliphatic rings. The van der Waals surface area contributed by atoms with Crippen molar-refractivity contribution in [1.29, 1.82) is 0 Å². The molecule has 84 valence electrons. The van der Waals surface area contributed by atoms with Crippen molar-refractivity contribution in [3.63, 3.8) is 0 Å². The van der Waals surface area contributed by atoms with Crippen molar-refractivity contribution < 1.29 is 17.7 Å². The van der Waals surface area contributed by atoms with Gasteiger partial charge in [-0.3, -0.25) is 4.79 Å². The second-order valence-electron chi connectivity index (χ2n) is 2.78. The predicted molar refractivity (Wildman–Crippen MR) is 57.4 cm³/mol. The minimum absolute atomic E-state index is 0.386. The monoisotopic (exact) mass is 258 g/mol. The van der Waals surface area contributed by atoms with Gasteiger partial charge in [0.2, 0.25) is 0 Å². The molecule has 6 nitrogen and oxygen atoms in total. The quantitative estimate of drug-likeness (QED) is 0.769. The standard InChI is InChI=1S/C8H6N2O4S2/c11-8(10-15(12)13)16(5-1-2-6-16)7-3-4-14-9-7/h1-6H. The molecule has 0 fully saturated rings. The number of hydrogen-bond acceptors (Lipinski definition) is 5. The number of aromatic nitrogens is 1. The lowest BCUT2D eigenvalue weighted by Crippen LogP contribution is -2.03. The fourth-order valence-corrected chi connectivity index (χ4v) is 3.93. The Labute approximate surface area is 93.7 Å². The molecule has 1 amide bonds. The van der Waals surface area contributed by atoms with Crippen LogP contribution in [0.25, 0.3) is 0 Å². The summed E-state index contributed by atoms with van der Waals surface area (Å²) in [5, 5.41) is 6.53. The number of amides is 1. The summed E-state index contributed by atoms with van der Waals surface area (Å²) in [5.41, 5.74) is 0. The van der Waals surface area contributed by atoms with Gasteiger partial charge in [-0.2, -0.15) is 8.42 Å². The van der Waals surface area contributed by atoms with E-state index in [4.69, 9.17) is 0 Å². The summed E-state index contributed by atoms with van der Waals surface area (Å²) in [5.74, 6) is 0. The molecule has 0 unspecified atom stereocenters. The molecule has 0 spiro atoms. The Bertz CT molecular complexity index is 578. The van der Waals surface area contributed by atoms with E-state index >= 15 is 0 Å². The van der Waals surface area contributed by atoms with Gasteiger partial charge in [-0.25, -0.2) is 0 Å². The first-order chi connectivity index (χ1) is 7.65. The summed E-state index contributed by atoms with van der Waals surface area (Å²) in [4.78, 5) is 11.8. The highest BCUT2D eigenvalue weighted by Gasteiger charge is 2.34. The first-order valence-corrected chi connectivity index (χ1v) is 6.88. The van der Waals surface area contributed by atoms with Crippen LogP contribution in [0.3, 0.4) is 0 Å². The Morgan fingerprint density at radius 3 is 2.56 bits per heavy atom. The molecular weight excluding hydrogens is 252 g/mol. The first-order valence-electron chi connectivity index (χ1n) is 4.09. The lowest BCUT2D eigenvalue weighted by atomic mass is 10.6. The maximum Gasteiger partial charge on any atom is 0.319 e. The lowest BCUT2D eigenvalue weighted by Gasteiger charge is -2.22. The van der Waals surface area contributed by atoms with Crippen molar-refractivity contribution in [2.45, 2.75) is 5.03 Å². The van der Waals surface area contributed by atoms with E-state index in [1.807, 2.05) is 0 Å². The zero-order valence-electron chi connectivity index (χ0n) is 7.81. The molecule has 0 aromatic carbocycles. The van der Waals surface area contributed by atoms with Crippen LogP contribution in [0.4, 0.5) is 4.79 Å². The summed E-state index contributed by atoms with van der Waals surface area (Å²) in [7, 11) is -4.99. The number of hydrogen-bond donors (Lipinski definition) is 0. The third-order valence-electron chi connectivity index (χ3n) is 1.90. The molecule has 2 heterocycles. The number of allylic oxidation sites excluding steroid dienone is 2. The van der Waals surface area contributed by atoms with Crippen LogP contribution in [0.15, 0.2) is 49.2 Å². The van der Waals surface area contributed by atoms with Crippen LogP contribution in [0.2, 0.25) is 0 Å². The summed E-state index contributed by atoms with van der Waals surface area (Å²) >= 11 is 0. The van der Waals surface area contributed by atoms with E-state index in [-0.39, 0.29) is 0 Å². The summed E-state index contributed by atoms with van der Waals surface area (Å²) < 4.78 is 28.5. The highest BCUT2D eigenvalue weighted by molar-refractivity contribution is 8.49. The molecule has 0 bridgehead atoms. The van der Waals surface area contributed by atoms with E-state index in [1.165, 1.54) is 12.3 Å². The lowest BCUT2D eigenvalue weighted by molar-refractivity contribution is 0.267. The predicted octanol–water partition coefficient (Wildman–Crippen LogP) is 2.06. The smallest absolute Gasteiger partial charge is 0.319 e. The van der Waals surface area contributed by atoms with Crippen LogP contribution in [0.5, 0.6) is 0 Å². The number of carbonyl (C=O) groups is 1. The average molecular weight is 258 g/mol. The molecule has 1 aliphatic heterocycles. The SMILES string of the molecule is O=C(N=S(=O)=O)S1(c2ccon2)C=CC=C1. The molecule has 1 aromatic rings. The van der Waals surface area contributed by atoms with Gasteiger partial charge in [-0.05, 0) is 10.8 Å². The molecular formula is C8H6N2O4S2. The van der Waals surface area contributed by atoms with Crippen molar-refractivity contribution in [2.24, 2.45) is 4.36 Å². The van der Waals surface area contributed by atoms with Gasteiger partial charge in [0, 0.05) is 6.07 Å². The maximum atomic E-state index is 11.8. The first kappa shape index (κ1) is 10.8. The fourth-order valence-electron chi connectivity index (χ4n) is 1.23. The molecule has 0 radical (unpaired) electrons. The van der Waals surface area contributed by atoms with Crippen molar-refractivity contribution in [1.82, 2.24) is 5.16 Å². The van der Waals surface area contributed by atoms with Gasteiger partial charge in [-0.1, -0.05) is 31.7 Å². The second kappa shape index (κ2) is 4.06. The zero-order valence-corrected chi connectivity index (χ0v) is 9.44. The van der Waals surface area contributed by atoms with Crippen molar-refractivity contribution in [3.05, 3.63) is 35.3 Å². The van der Waals surface area contributed by atoms with E-state index in [2.05, 4.69) is 14.0 Å². The molecule has 0 saturated heterocycles. The Morgan fingerprint density at radius 1 is 1.38 bits per heavy atom. The summed E-state index contributed by atoms with van der Waals surface area (Å²) in [6.07, 6.45) is 4.64. The van der Waals surface area contributed by atoms with Crippen LogP contribution >= 0.6 is 10.0 Å².